The van der Waals surface area contributed by atoms with Gasteiger partial charge in [0.2, 0.25) is 0 Å². The first-order valence-corrected chi connectivity index (χ1v) is 11.3. The maximum Gasteiger partial charge on any atom is 0.262 e. The molecule has 1 aliphatic rings. The fourth-order valence-electron chi connectivity index (χ4n) is 4.12. The Morgan fingerprint density at radius 2 is 2.03 bits per heavy atom. The van der Waals surface area contributed by atoms with Gasteiger partial charge in [0.25, 0.3) is 11.5 Å². The van der Waals surface area contributed by atoms with Crippen molar-refractivity contribution in [3.63, 3.8) is 0 Å². The number of nitrogens with zero attached hydrogens (tertiary/aromatic N) is 3. The summed E-state index contributed by atoms with van der Waals surface area (Å²) >= 11 is 7.55. The van der Waals surface area contributed by atoms with Crippen molar-refractivity contribution in [1.82, 2.24) is 14.5 Å². The number of aromatic nitrogens is 2. The van der Waals surface area contributed by atoms with Gasteiger partial charge in [-0.3, -0.25) is 14.2 Å². The van der Waals surface area contributed by atoms with E-state index in [0.717, 1.165) is 26.4 Å². The highest BCUT2D eigenvalue weighted by atomic mass is 35.5. The topological polar surface area (TPSA) is 55.2 Å². The Morgan fingerprint density at radius 3 is 2.84 bits per heavy atom. The fraction of sp³-hybridized carbons (Fsp3) is 0.208. The van der Waals surface area contributed by atoms with Crippen LogP contribution in [-0.4, -0.2) is 26.9 Å². The molecule has 31 heavy (non-hydrogen) atoms. The van der Waals surface area contributed by atoms with Crippen LogP contribution in [0.5, 0.6) is 0 Å². The summed E-state index contributed by atoms with van der Waals surface area (Å²) in [5.74, 6) is -0.0459. The van der Waals surface area contributed by atoms with Gasteiger partial charge in [-0.25, -0.2) is 4.98 Å². The van der Waals surface area contributed by atoms with Crippen LogP contribution in [0.25, 0.3) is 10.2 Å². The minimum absolute atomic E-state index is 0.0152. The van der Waals surface area contributed by atoms with Crippen LogP contribution >= 0.6 is 22.9 Å². The molecule has 7 heteroatoms. The number of halogens is 1. The second-order valence-electron chi connectivity index (χ2n) is 7.84. The van der Waals surface area contributed by atoms with Gasteiger partial charge in [-0.05, 0) is 42.7 Å². The lowest BCUT2D eigenvalue weighted by atomic mass is 10.0. The van der Waals surface area contributed by atoms with Crippen LogP contribution in [-0.2, 0) is 19.5 Å². The van der Waals surface area contributed by atoms with Crippen LogP contribution in [0.1, 0.15) is 31.9 Å². The maximum absolute atomic E-state index is 13.3. The lowest BCUT2D eigenvalue weighted by Gasteiger charge is -2.27. The summed E-state index contributed by atoms with van der Waals surface area (Å²) in [6.07, 6.45) is 2.27. The Hall–Kier alpha value is -2.96. The van der Waals surface area contributed by atoms with E-state index < -0.39 is 0 Å². The summed E-state index contributed by atoms with van der Waals surface area (Å²) in [7, 11) is 0. The number of carbonyl (C=O) groups is 1. The SMILES string of the molecule is Cc1cccc(Cn2cnc3sc4c(c3c2=O)CCN(C(=O)c2cccc(Cl)c2)C4)c1. The summed E-state index contributed by atoms with van der Waals surface area (Å²) < 4.78 is 1.67. The average Bonchev–Trinajstić information content (AvgIpc) is 3.14. The lowest BCUT2D eigenvalue weighted by molar-refractivity contribution is 0.0737. The molecule has 1 amide bonds. The number of carbonyl (C=O) groups excluding carboxylic acids is 1. The molecule has 0 unspecified atom stereocenters. The third kappa shape index (κ3) is 3.77. The number of thiophene rings is 1. The number of aryl methyl sites for hydroxylation is 1. The van der Waals surface area contributed by atoms with Gasteiger partial charge < -0.3 is 4.90 Å². The molecule has 0 spiro atoms. The minimum atomic E-state index is -0.0459. The van der Waals surface area contributed by atoms with E-state index in [-0.39, 0.29) is 11.5 Å². The van der Waals surface area contributed by atoms with Crippen molar-refractivity contribution in [2.24, 2.45) is 0 Å². The molecule has 2 aromatic heterocycles. The normalized spacial score (nSPS) is 13.4. The fourth-order valence-corrected chi connectivity index (χ4v) is 5.50. The summed E-state index contributed by atoms with van der Waals surface area (Å²) in [6, 6.07) is 15.2. The zero-order valence-corrected chi connectivity index (χ0v) is 18.5. The maximum atomic E-state index is 13.3. The first-order valence-electron chi connectivity index (χ1n) is 10.1. The molecule has 0 saturated carbocycles. The largest absolute Gasteiger partial charge is 0.333 e. The van der Waals surface area contributed by atoms with Gasteiger partial charge in [-0.1, -0.05) is 47.5 Å². The highest BCUT2D eigenvalue weighted by Crippen LogP contribution is 2.33. The molecule has 0 fully saturated rings. The Kier molecular flexibility index (Phi) is 5.12. The molecule has 5 rings (SSSR count). The van der Waals surface area contributed by atoms with Crippen LogP contribution in [0.4, 0.5) is 0 Å². The monoisotopic (exact) mass is 449 g/mol. The summed E-state index contributed by atoms with van der Waals surface area (Å²) in [5.41, 5.74) is 3.84. The molecule has 2 aromatic carbocycles. The number of amides is 1. The molecule has 0 bridgehead atoms. The number of rotatable bonds is 3. The van der Waals surface area contributed by atoms with E-state index >= 15 is 0 Å². The molecule has 0 N–H and O–H groups in total. The zero-order valence-electron chi connectivity index (χ0n) is 17.0. The quantitative estimate of drug-likeness (QED) is 0.457. The third-order valence-electron chi connectivity index (χ3n) is 5.62. The minimum Gasteiger partial charge on any atom is -0.333 e. The first kappa shape index (κ1) is 20.0. The van der Waals surface area contributed by atoms with Crippen molar-refractivity contribution >= 4 is 39.1 Å². The van der Waals surface area contributed by atoms with Crippen LogP contribution in [0.2, 0.25) is 5.02 Å². The van der Waals surface area contributed by atoms with Crippen molar-refractivity contribution in [2.45, 2.75) is 26.4 Å². The van der Waals surface area contributed by atoms with E-state index in [1.165, 1.54) is 11.3 Å². The molecule has 0 atom stereocenters. The van der Waals surface area contributed by atoms with Crippen molar-refractivity contribution < 1.29 is 4.79 Å². The third-order valence-corrected chi connectivity index (χ3v) is 6.98. The lowest BCUT2D eigenvalue weighted by Crippen LogP contribution is -2.35. The van der Waals surface area contributed by atoms with Gasteiger partial charge in [-0.2, -0.15) is 0 Å². The van der Waals surface area contributed by atoms with Gasteiger partial charge in [0, 0.05) is 22.0 Å². The number of benzene rings is 2. The van der Waals surface area contributed by atoms with E-state index in [4.69, 9.17) is 11.6 Å². The van der Waals surface area contributed by atoms with Gasteiger partial charge in [0.1, 0.15) is 4.83 Å². The molecule has 3 heterocycles. The highest BCUT2D eigenvalue weighted by molar-refractivity contribution is 7.18. The van der Waals surface area contributed by atoms with E-state index in [1.807, 2.05) is 30.0 Å². The molecule has 0 saturated heterocycles. The Balaban J connectivity index is 1.46. The average molecular weight is 450 g/mol. The van der Waals surface area contributed by atoms with Crippen LogP contribution < -0.4 is 5.56 Å². The molecule has 4 aromatic rings. The smallest absolute Gasteiger partial charge is 0.262 e. The Morgan fingerprint density at radius 1 is 1.19 bits per heavy atom. The van der Waals surface area contributed by atoms with E-state index in [1.54, 1.807) is 35.2 Å². The zero-order chi connectivity index (χ0) is 21.5. The molecule has 1 aliphatic heterocycles. The van der Waals surface area contributed by atoms with Crippen molar-refractivity contribution in [3.8, 4) is 0 Å². The highest BCUT2D eigenvalue weighted by Gasteiger charge is 2.27. The summed E-state index contributed by atoms with van der Waals surface area (Å²) in [6.45, 7) is 3.59. The van der Waals surface area contributed by atoms with E-state index in [0.29, 0.717) is 42.0 Å². The molecular weight excluding hydrogens is 430 g/mol. The van der Waals surface area contributed by atoms with E-state index in [9.17, 15) is 9.59 Å². The van der Waals surface area contributed by atoms with Crippen LogP contribution in [0.3, 0.4) is 0 Å². The second kappa shape index (κ2) is 7.94. The predicted octanol–water partition coefficient (Wildman–Crippen LogP) is 4.67. The van der Waals surface area contributed by atoms with Gasteiger partial charge in [0.05, 0.1) is 24.8 Å². The number of hydrogen-bond acceptors (Lipinski definition) is 4. The van der Waals surface area contributed by atoms with Gasteiger partial charge >= 0.3 is 0 Å². The van der Waals surface area contributed by atoms with Crippen molar-refractivity contribution in [3.05, 3.63) is 97.4 Å². The Bertz CT molecular complexity index is 1380. The molecule has 0 radical (unpaired) electrons. The van der Waals surface area contributed by atoms with Crippen LogP contribution in [0.15, 0.2) is 59.7 Å². The van der Waals surface area contributed by atoms with E-state index in [2.05, 4.69) is 11.1 Å². The molecular formula is C24H20ClN3O2S. The number of fused-ring (bicyclic) bond motifs is 3. The summed E-state index contributed by atoms with van der Waals surface area (Å²) in [5, 5.41) is 1.24. The molecule has 156 valence electrons. The first-order chi connectivity index (χ1) is 15.0. The second-order valence-corrected chi connectivity index (χ2v) is 9.36. The van der Waals surface area contributed by atoms with Gasteiger partial charge in [0.15, 0.2) is 0 Å². The predicted molar refractivity (Wildman–Crippen MR) is 124 cm³/mol. The summed E-state index contributed by atoms with van der Waals surface area (Å²) in [4.78, 5) is 34.3. The van der Waals surface area contributed by atoms with Gasteiger partial charge in [-0.15, -0.1) is 11.3 Å². The Labute approximate surface area is 188 Å². The molecule has 5 nitrogen and oxygen atoms in total. The van der Waals surface area contributed by atoms with Crippen molar-refractivity contribution in [2.75, 3.05) is 6.54 Å². The van der Waals surface area contributed by atoms with Crippen molar-refractivity contribution in [1.29, 1.82) is 0 Å². The van der Waals surface area contributed by atoms with Crippen LogP contribution in [0, 0.1) is 6.92 Å². The molecule has 0 aliphatic carbocycles. The standard InChI is InChI=1S/C24H20ClN3O2S/c1-15-4-2-5-16(10-15)12-28-14-26-22-21(24(28)30)19-8-9-27(13-20(19)31-22)23(29)17-6-3-7-18(25)11-17/h2-7,10-11,14H,8-9,12-13H2,1H3. The number of hydrogen-bond donors (Lipinski definition) is 0.